The fourth-order valence-corrected chi connectivity index (χ4v) is 3.80. The summed E-state index contributed by atoms with van der Waals surface area (Å²) in [7, 11) is 3.28. The highest BCUT2D eigenvalue weighted by molar-refractivity contribution is 7.13. The van der Waals surface area contributed by atoms with E-state index in [0.717, 1.165) is 48.7 Å². The summed E-state index contributed by atoms with van der Waals surface area (Å²) in [4.78, 5) is 7.00. The molecule has 124 valence electrons. The Morgan fingerprint density at radius 2 is 2.22 bits per heavy atom. The Labute approximate surface area is 140 Å². The van der Waals surface area contributed by atoms with E-state index >= 15 is 0 Å². The Morgan fingerprint density at radius 1 is 1.35 bits per heavy atom. The molecule has 1 N–H and O–H groups in total. The number of β-amino-alcohol motifs (C(OH)–C–C–N with tert-alkyl or cyclic N) is 1. The molecule has 6 heteroatoms. The van der Waals surface area contributed by atoms with Gasteiger partial charge < -0.3 is 14.6 Å². The lowest BCUT2D eigenvalue weighted by Gasteiger charge is -2.29. The summed E-state index contributed by atoms with van der Waals surface area (Å²) in [5.74, 6) is 1.42. The third-order valence-corrected chi connectivity index (χ3v) is 4.98. The number of methoxy groups -OCH3 is 2. The van der Waals surface area contributed by atoms with E-state index in [-0.39, 0.29) is 6.10 Å². The van der Waals surface area contributed by atoms with Crippen LogP contribution in [0.15, 0.2) is 23.6 Å². The first kappa shape index (κ1) is 16.2. The normalized spacial score (nSPS) is 18.8. The highest BCUT2D eigenvalue weighted by atomic mass is 32.1. The zero-order chi connectivity index (χ0) is 16.2. The summed E-state index contributed by atoms with van der Waals surface area (Å²) in [6.07, 6.45) is 1.74. The first-order chi connectivity index (χ1) is 11.2. The monoisotopic (exact) mass is 334 g/mol. The predicted molar refractivity (Wildman–Crippen MR) is 91.2 cm³/mol. The van der Waals surface area contributed by atoms with E-state index in [1.807, 2.05) is 18.2 Å². The maximum Gasteiger partial charge on any atom is 0.170 e. The van der Waals surface area contributed by atoms with Crippen LogP contribution in [0.4, 0.5) is 0 Å². The predicted octanol–water partition coefficient (Wildman–Crippen LogP) is 2.78. The Kier molecular flexibility index (Phi) is 5.15. The summed E-state index contributed by atoms with van der Waals surface area (Å²) in [6, 6.07) is 5.82. The lowest BCUT2D eigenvalue weighted by atomic mass is 10.1. The maximum atomic E-state index is 9.78. The molecule has 0 amide bonds. The summed E-state index contributed by atoms with van der Waals surface area (Å²) < 4.78 is 10.8. The van der Waals surface area contributed by atoms with Crippen LogP contribution in [-0.2, 0) is 6.54 Å². The van der Waals surface area contributed by atoms with Crippen molar-refractivity contribution in [3.63, 3.8) is 0 Å². The van der Waals surface area contributed by atoms with Gasteiger partial charge in [0.25, 0.3) is 0 Å². The number of thiazole rings is 1. The minimum atomic E-state index is -0.208. The van der Waals surface area contributed by atoms with Crippen LogP contribution in [0, 0.1) is 0 Å². The number of aromatic nitrogens is 1. The largest absolute Gasteiger partial charge is 0.493 e. The lowest BCUT2D eigenvalue weighted by Crippen LogP contribution is -2.37. The average molecular weight is 334 g/mol. The number of benzene rings is 1. The number of aliphatic hydroxyl groups excluding tert-OH is 1. The van der Waals surface area contributed by atoms with E-state index < -0.39 is 0 Å². The van der Waals surface area contributed by atoms with E-state index in [1.54, 1.807) is 25.6 Å². The number of rotatable bonds is 5. The Balaban J connectivity index is 1.79. The van der Waals surface area contributed by atoms with Gasteiger partial charge in [-0.15, -0.1) is 11.3 Å². The van der Waals surface area contributed by atoms with Gasteiger partial charge in [0.05, 0.1) is 31.6 Å². The zero-order valence-corrected chi connectivity index (χ0v) is 14.3. The van der Waals surface area contributed by atoms with Gasteiger partial charge in [0, 0.05) is 18.5 Å². The number of hydrogen-bond acceptors (Lipinski definition) is 6. The van der Waals surface area contributed by atoms with Crippen LogP contribution >= 0.6 is 11.3 Å². The summed E-state index contributed by atoms with van der Waals surface area (Å²) >= 11 is 1.60. The van der Waals surface area contributed by atoms with Crippen LogP contribution in [0.3, 0.4) is 0 Å². The number of ether oxygens (including phenoxy) is 2. The molecule has 1 aromatic carbocycles. The van der Waals surface area contributed by atoms with Gasteiger partial charge in [-0.1, -0.05) is 6.07 Å². The Morgan fingerprint density at radius 3 is 2.96 bits per heavy atom. The average Bonchev–Trinajstić information content (AvgIpc) is 3.02. The first-order valence-corrected chi connectivity index (χ1v) is 8.65. The molecule has 5 nitrogen and oxygen atoms in total. The number of likely N-dealkylation sites (tertiary alicyclic amines) is 1. The van der Waals surface area contributed by atoms with Crippen LogP contribution in [0.2, 0.25) is 0 Å². The van der Waals surface area contributed by atoms with Gasteiger partial charge in [-0.25, -0.2) is 4.98 Å². The van der Waals surface area contributed by atoms with E-state index in [0.29, 0.717) is 11.5 Å². The molecule has 1 atom stereocenters. The van der Waals surface area contributed by atoms with E-state index in [9.17, 15) is 5.11 Å². The molecule has 0 spiro atoms. The Bertz CT molecular complexity index is 659. The van der Waals surface area contributed by atoms with Crippen molar-refractivity contribution in [2.75, 3.05) is 27.3 Å². The molecule has 23 heavy (non-hydrogen) atoms. The Hall–Kier alpha value is -1.63. The second-order valence-corrected chi connectivity index (χ2v) is 6.57. The van der Waals surface area contributed by atoms with Crippen LogP contribution in [0.25, 0.3) is 10.6 Å². The summed E-state index contributed by atoms with van der Waals surface area (Å²) in [6.45, 7) is 2.53. The number of para-hydroxylation sites is 1. The second kappa shape index (κ2) is 7.29. The fraction of sp³-hybridized carbons (Fsp3) is 0.471. The molecule has 3 rings (SSSR count). The zero-order valence-electron chi connectivity index (χ0n) is 13.5. The molecule has 1 aliphatic rings. The molecule has 0 radical (unpaired) electrons. The maximum absolute atomic E-state index is 9.78. The van der Waals surface area contributed by atoms with Crippen molar-refractivity contribution in [1.82, 2.24) is 9.88 Å². The molecular formula is C17H22N2O3S. The van der Waals surface area contributed by atoms with Gasteiger partial charge >= 0.3 is 0 Å². The van der Waals surface area contributed by atoms with E-state index in [4.69, 9.17) is 14.5 Å². The minimum absolute atomic E-state index is 0.208. The van der Waals surface area contributed by atoms with Crippen LogP contribution in [-0.4, -0.2) is 48.4 Å². The summed E-state index contributed by atoms with van der Waals surface area (Å²) in [5.41, 5.74) is 1.98. The van der Waals surface area contributed by atoms with Crippen molar-refractivity contribution < 1.29 is 14.6 Å². The fourth-order valence-electron chi connectivity index (χ4n) is 2.96. The van der Waals surface area contributed by atoms with Crippen LogP contribution in [0.1, 0.15) is 18.5 Å². The highest BCUT2D eigenvalue weighted by Crippen LogP contribution is 2.39. The van der Waals surface area contributed by atoms with Crippen molar-refractivity contribution in [2.24, 2.45) is 0 Å². The highest BCUT2D eigenvalue weighted by Gasteiger charge is 2.19. The third-order valence-electron chi connectivity index (χ3n) is 4.05. The van der Waals surface area contributed by atoms with Gasteiger partial charge in [-0.2, -0.15) is 0 Å². The third kappa shape index (κ3) is 3.65. The van der Waals surface area contributed by atoms with Gasteiger partial charge in [0.1, 0.15) is 5.01 Å². The van der Waals surface area contributed by atoms with Gasteiger partial charge in [0.15, 0.2) is 11.5 Å². The molecule has 1 unspecified atom stereocenters. The quantitative estimate of drug-likeness (QED) is 0.911. The molecule has 1 aromatic heterocycles. The van der Waals surface area contributed by atoms with Gasteiger partial charge in [0.2, 0.25) is 0 Å². The molecular weight excluding hydrogens is 312 g/mol. The molecule has 0 bridgehead atoms. The number of hydrogen-bond donors (Lipinski definition) is 1. The van der Waals surface area contributed by atoms with Crippen LogP contribution < -0.4 is 9.47 Å². The molecule has 1 saturated heterocycles. The van der Waals surface area contributed by atoms with Gasteiger partial charge in [-0.3, -0.25) is 4.90 Å². The molecule has 2 heterocycles. The first-order valence-electron chi connectivity index (χ1n) is 7.77. The number of aliphatic hydroxyl groups is 1. The SMILES string of the molecule is COc1cccc(-c2nc(CN3CCCC(O)C3)cs2)c1OC. The number of piperidine rings is 1. The smallest absolute Gasteiger partial charge is 0.170 e. The van der Waals surface area contributed by atoms with Crippen molar-refractivity contribution in [2.45, 2.75) is 25.5 Å². The number of nitrogens with zero attached hydrogens (tertiary/aromatic N) is 2. The molecule has 0 aliphatic carbocycles. The standard InChI is InChI=1S/C17H22N2O3S/c1-21-15-7-3-6-14(16(15)22-2)17-18-12(11-23-17)9-19-8-4-5-13(20)10-19/h3,6-7,11,13,20H,4-5,8-10H2,1-2H3. The van der Waals surface area contributed by atoms with Crippen molar-refractivity contribution in [1.29, 1.82) is 0 Å². The van der Waals surface area contributed by atoms with Crippen molar-refractivity contribution >= 4 is 11.3 Å². The second-order valence-electron chi connectivity index (χ2n) is 5.72. The van der Waals surface area contributed by atoms with Crippen molar-refractivity contribution in [3.05, 3.63) is 29.3 Å². The minimum Gasteiger partial charge on any atom is -0.493 e. The van der Waals surface area contributed by atoms with Crippen LogP contribution in [0.5, 0.6) is 11.5 Å². The molecule has 1 fully saturated rings. The molecule has 0 saturated carbocycles. The van der Waals surface area contributed by atoms with E-state index in [2.05, 4.69) is 10.3 Å². The molecule has 1 aliphatic heterocycles. The van der Waals surface area contributed by atoms with E-state index in [1.165, 1.54) is 0 Å². The topological polar surface area (TPSA) is 54.8 Å². The molecule has 2 aromatic rings. The lowest BCUT2D eigenvalue weighted by molar-refractivity contribution is 0.0663. The summed E-state index contributed by atoms with van der Waals surface area (Å²) in [5, 5.41) is 12.8. The van der Waals surface area contributed by atoms with Crippen molar-refractivity contribution in [3.8, 4) is 22.1 Å². The van der Waals surface area contributed by atoms with Gasteiger partial charge in [-0.05, 0) is 31.5 Å².